The maximum absolute atomic E-state index is 9.88. The van der Waals surface area contributed by atoms with Crippen molar-refractivity contribution in [1.82, 2.24) is 28.9 Å². The van der Waals surface area contributed by atoms with E-state index < -0.39 is 0 Å². The molecule has 8 nitrogen and oxygen atoms in total. The van der Waals surface area contributed by atoms with Crippen LogP contribution in [0, 0.1) is 0 Å². The maximum Gasteiger partial charge on any atom is 0.194 e. The maximum atomic E-state index is 9.88. The van der Waals surface area contributed by atoms with E-state index in [9.17, 15) is 10.2 Å². The van der Waals surface area contributed by atoms with Crippen LogP contribution in [0.4, 0.5) is 0 Å². The van der Waals surface area contributed by atoms with Gasteiger partial charge in [-0.1, -0.05) is 27.5 Å². The van der Waals surface area contributed by atoms with E-state index >= 15 is 0 Å². The molecule has 4 aromatic rings. The van der Waals surface area contributed by atoms with E-state index in [0.29, 0.717) is 23.3 Å². The summed E-state index contributed by atoms with van der Waals surface area (Å²) in [5.41, 5.74) is 2.58. The second-order valence-electron chi connectivity index (χ2n) is 6.16. The Labute approximate surface area is 166 Å². The summed E-state index contributed by atoms with van der Waals surface area (Å²) in [6.45, 7) is 0.540. The van der Waals surface area contributed by atoms with E-state index in [4.69, 9.17) is 11.6 Å². The van der Waals surface area contributed by atoms with Crippen LogP contribution in [-0.2, 0) is 13.1 Å². The third-order valence-electron chi connectivity index (χ3n) is 4.52. The molecule has 1 aliphatic heterocycles. The first-order valence-electron chi connectivity index (χ1n) is 8.04. The minimum atomic E-state index is -0.0539. The molecule has 27 heavy (non-hydrogen) atoms. The van der Waals surface area contributed by atoms with Crippen molar-refractivity contribution in [2.24, 2.45) is 0 Å². The van der Waals surface area contributed by atoms with Crippen molar-refractivity contribution >= 4 is 27.5 Å². The SMILES string of the molecule is Oc1ccc(O)n1Cc1nc2n(n1)Cc1c(Cl)ncn1-c1ccc(Br)cc1-2. The Morgan fingerprint density at radius 3 is 2.70 bits per heavy atom. The predicted octanol–water partition coefficient (Wildman–Crippen LogP) is 3.17. The molecule has 0 spiro atoms. The first kappa shape index (κ1) is 16.4. The second kappa shape index (κ2) is 5.86. The topological polar surface area (TPSA) is 93.9 Å². The summed E-state index contributed by atoms with van der Waals surface area (Å²) in [4.78, 5) is 8.86. The third kappa shape index (κ3) is 2.54. The van der Waals surface area contributed by atoms with Crippen molar-refractivity contribution in [2.45, 2.75) is 13.1 Å². The molecule has 2 N–H and O–H groups in total. The van der Waals surface area contributed by atoms with E-state index in [1.54, 1.807) is 11.0 Å². The molecule has 0 unspecified atom stereocenters. The smallest absolute Gasteiger partial charge is 0.194 e. The average molecular weight is 448 g/mol. The molecule has 5 rings (SSSR count). The summed E-state index contributed by atoms with van der Waals surface area (Å²) < 4.78 is 5.93. The molecular weight excluding hydrogens is 436 g/mol. The average Bonchev–Trinajstić information content (AvgIpc) is 3.28. The van der Waals surface area contributed by atoms with Crippen LogP contribution in [-0.4, -0.2) is 39.1 Å². The number of imidazole rings is 1. The van der Waals surface area contributed by atoms with Crippen LogP contribution in [0.25, 0.3) is 17.1 Å². The monoisotopic (exact) mass is 446 g/mol. The zero-order valence-corrected chi connectivity index (χ0v) is 16.1. The minimum Gasteiger partial charge on any atom is -0.494 e. The van der Waals surface area contributed by atoms with Crippen molar-refractivity contribution in [3.8, 4) is 28.8 Å². The Kier molecular flexibility index (Phi) is 3.56. The Morgan fingerprint density at radius 1 is 1.15 bits per heavy atom. The quantitative estimate of drug-likeness (QED) is 0.433. The molecular formula is C17H12BrClN6O2. The summed E-state index contributed by atoms with van der Waals surface area (Å²) in [6.07, 6.45) is 1.69. The van der Waals surface area contributed by atoms with Gasteiger partial charge >= 0.3 is 0 Å². The molecule has 1 aromatic carbocycles. The van der Waals surface area contributed by atoms with Crippen molar-refractivity contribution < 1.29 is 10.2 Å². The van der Waals surface area contributed by atoms with Gasteiger partial charge in [-0.25, -0.2) is 14.6 Å². The molecule has 0 bridgehead atoms. The highest BCUT2D eigenvalue weighted by molar-refractivity contribution is 9.10. The fraction of sp³-hybridized carbons (Fsp3) is 0.118. The number of hydrogen-bond donors (Lipinski definition) is 2. The fourth-order valence-corrected chi connectivity index (χ4v) is 3.81. The molecule has 4 heterocycles. The lowest BCUT2D eigenvalue weighted by molar-refractivity contribution is 0.374. The number of fused-ring (bicyclic) bond motifs is 5. The summed E-state index contributed by atoms with van der Waals surface area (Å²) in [6, 6.07) is 8.71. The zero-order chi connectivity index (χ0) is 18.7. The summed E-state index contributed by atoms with van der Waals surface area (Å²) in [5.74, 6) is 1.03. The second-order valence-corrected chi connectivity index (χ2v) is 7.43. The van der Waals surface area contributed by atoms with Crippen LogP contribution >= 0.6 is 27.5 Å². The van der Waals surface area contributed by atoms with Crippen LogP contribution in [0.3, 0.4) is 0 Å². The van der Waals surface area contributed by atoms with Gasteiger partial charge in [-0.05, 0) is 18.2 Å². The van der Waals surface area contributed by atoms with Gasteiger partial charge in [0, 0.05) is 22.2 Å². The molecule has 0 saturated heterocycles. The molecule has 136 valence electrons. The summed E-state index contributed by atoms with van der Waals surface area (Å²) in [5, 5.41) is 24.7. The predicted molar refractivity (Wildman–Crippen MR) is 101 cm³/mol. The Balaban J connectivity index is 1.68. The molecule has 10 heteroatoms. The molecule has 0 fully saturated rings. The van der Waals surface area contributed by atoms with Gasteiger partial charge < -0.3 is 10.2 Å². The van der Waals surface area contributed by atoms with Gasteiger partial charge in [0.15, 0.2) is 28.6 Å². The molecule has 0 saturated carbocycles. The highest BCUT2D eigenvalue weighted by Gasteiger charge is 2.25. The van der Waals surface area contributed by atoms with Crippen LogP contribution in [0.1, 0.15) is 11.5 Å². The number of hydrogen-bond acceptors (Lipinski definition) is 5. The van der Waals surface area contributed by atoms with Gasteiger partial charge in [0.25, 0.3) is 0 Å². The van der Waals surface area contributed by atoms with E-state index in [0.717, 1.165) is 21.4 Å². The molecule has 0 amide bonds. The van der Waals surface area contributed by atoms with E-state index in [2.05, 4.69) is 31.0 Å². The Bertz CT molecular complexity index is 1170. The van der Waals surface area contributed by atoms with Crippen LogP contribution < -0.4 is 0 Å². The largest absolute Gasteiger partial charge is 0.494 e. The number of aromatic hydroxyl groups is 2. The Hall–Kier alpha value is -2.78. The highest BCUT2D eigenvalue weighted by atomic mass is 79.9. The number of benzene rings is 1. The standard InChI is InChI=1S/C17H12BrClN6O2/c18-9-1-2-11-10(5-9)17-21-13(7-23-14(26)3-4-15(23)27)22-25(17)6-12-16(19)20-8-24(11)12/h1-5,8,26-27H,6-7H2. The lowest BCUT2D eigenvalue weighted by Crippen LogP contribution is -2.06. The molecule has 0 aliphatic carbocycles. The molecule has 0 atom stereocenters. The van der Waals surface area contributed by atoms with Crippen LogP contribution in [0.15, 0.2) is 41.1 Å². The van der Waals surface area contributed by atoms with Gasteiger partial charge in [0.1, 0.15) is 6.33 Å². The summed E-state index contributed by atoms with van der Waals surface area (Å²) in [7, 11) is 0. The number of rotatable bonds is 2. The van der Waals surface area contributed by atoms with Crippen molar-refractivity contribution in [2.75, 3.05) is 0 Å². The van der Waals surface area contributed by atoms with Crippen molar-refractivity contribution in [3.05, 3.63) is 57.8 Å². The number of halogens is 2. The van der Waals surface area contributed by atoms with Gasteiger partial charge in [0.05, 0.1) is 24.5 Å². The Morgan fingerprint density at radius 2 is 1.93 bits per heavy atom. The van der Waals surface area contributed by atoms with Crippen molar-refractivity contribution in [1.29, 1.82) is 0 Å². The van der Waals surface area contributed by atoms with Gasteiger partial charge in [0.2, 0.25) is 0 Å². The zero-order valence-electron chi connectivity index (χ0n) is 13.7. The van der Waals surface area contributed by atoms with E-state index in [-0.39, 0.29) is 18.3 Å². The van der Waals surface area contributed by atoms with Crippen molar-refractivity contribution in [3.63, 3.8) is 0 Å². The lowest BCUT2D eigenvalue weighted by Gasteiger charge is -2.08. The number of aromatic nitrogens is 6. The van der Waals surface area contributed by atoms with Gasteiger partial charge in [-0.15, -0.1) is 0 Å². The fourth-order valence-electron chi connectivity index (χ4n) is 3.26. The molecule has 0 radical (unpaired) electrons. The highest BCUT2D eigenvalue weighted by Crippen LogP contribution is 2.34. The minimum absolute atomic E-state index is 0.0539. The normalized spacial score (nSPS) is 12.4. The first-order chi connectivity index (χ1) is 13.0. The van der Waals surface area contributed by atoms with Crippen LogP contribution in [0.5, 0.6) is 11.8 Å². The molecule has 1 aliphatic rings. The number of nitrogens with zero attached hydrogens (tertiary/aromatic N) is 6. The first-order valence-corrected chi connectivity index (χ1v) is 9.21. The van der Waals surface area contributed by atoms with Gasteiger partial charge in [-0.2, -0.15) is 5.10 Å². The van der Waals surface area contributed by atoms with Gasteiger partial charge in [-0.3, -0.25) is 9.13 Å². The lowest BCUT2D eigenvalue weighted by atomic mass is 10.1. The van der Waals surface area contributed by atoms with Crippen LogP contribution in [0.2, 0.25) is 5.15 Å². The third-order valence-corrected chi connectivity index (χ3v) is 5.33. The summed E-state index contributed by atoms with van der Waals surface area (Å²) >= 11 is 9.79. The van der Waals surface area contributed by atoms with E-state index in [1.165, 1.54) is 16.7 Å². The molecule has 3 aromatic heterocycles. The van der Waals surface area contributed by atoms with E-state index in [1.807, 2.05) is 22.8 Å².